The van der Waals surface area contributed by atoms with Crippen LogP contribution in [0.25, 0.3) is 11.6 Å². The van der Waals surface area contributed by atoms with E-state index in [0.29, 0.717) is 11.3 Å². The number of nitrogens with one attached hydrogen (secondary N) is 1. The average Bonchev–Trinajstić information content (AvgIpc) is 2.72. The first-order chi connectivity index (χ1) is 13.6. The fourth-order valence-electron chi connectivity index (χ4n) is 2.69. The van der Waals surface area contributed by atoms with Gasteiger partial charge in [0.15, 0.2) is 6.61 Å². The molecule has 3 aromatic rings. The Morgan fingerprint density at radius 1 is 1.04 bits per heavy atom. The summed E-state index contributed by atoms with van der Waals surface area (Å²) in [6, 6.07) is 26.6. The Morgan fingerprint density at radius 2 is 1.79 bits per heavy atom. The van der Waals surface area contributed by atoms with E-state index in [2.05, 4.69) is 11.4 Å². The molecule has 0 fully saturated rings. The second-order valence-electron chi connectivity index (χ2n) is 6.31. The smallest absolute Gasteiger partial charge is 0.262 e. The van der Waals surface area contributed by atoms with Crippen LogP contribution in [0.1, 0.15) is 16.7 Å². The Hall–Kier alpha value is -3.84. The minimum Gasteiger partial charge on any atom is -0.484 e. The van der Waals surface area contributed by atoms with Gasteiger partial charge in [0.05, 0.1) is 11.6 Å². The summed E-state index contributed by atoms with van der Waals surface area (Å²) in [5, 5.41) is 12.2. The molecular formula is C24H20N2O2. The van der Waals surface area contributed by atoms with Gasteiger partial charge in [-0.2, -0.15) is 5.26 Å². The van der Waals surface area contributed by atoms with E-state index in [0.717, 1.165) is 22.4 Å². The first-order valence-electron chi connectivity index (χ1n) is 8.90. The molecular weight excluding hydrogens is 348 g/mol. The molecule has 4 nitrogen and oxygen atoms in total. The van der Waals surface area contributed by atoms with E-state index in [9.17, 15) is 10.1 Å². The summed E-state index contributed by atoms with van der Waals surface area (Å²) in [4.78, 5) is 12.0. The highest BCUT2D eigenvalue weighted by molar-refractivity contribution is 5.92. The van der Waals surface area contributed by atoms with Crippen LogP contribution in [0.15, 0.2) is 78.9 Å². The fraction of sp³-hybridized carbons (Fsp3) is 0.0833. The fourth-order valence-corrected chi connectivity index (χ4v) is 2.69. The molecule has 0 saturated heterocycles. The average molecular weight is 368 g/mol. The van der Waals surface area contributed by atoms with Gasteiger partial charge in [0, 0.05) is 5.69 Å². The Balaban J connectivity index is 1.59. The number of allylic oxidation sites excluding steroid dienone is 1. The van der Waals surface area contributed by atoms with Gasteiger partial charge in [-0.3, -0.25) is 4.79 Å². The van der Waals surface area contributed by atoms with Crippen LogP contribution in [0, 0.1) is 18.3 Å². The second kappa shape index (κ2) is 9.20. The van der Waals surface area contributed by atoms with E-state index in [-0.39, 0.29) is 12.5 Å². The lowest BCUT2D eigenvalue weighted by Crippen LogP contribution is -2.20. The summed E-state index contributed by atoms with van der Waals surface area (Å²) in [6.45, 7) is 1.90. The zero-order chi connectivity index (χ0) is 19.8. The number of hydrogen-bond acceptors (Lipinski definition) is 3. The Bertz CT molecular complexity index is 1020. The van der Waals surface area contributed by atoms with Crippen molar-refractivity contribution in [3.8, 4) is 11.8 Å². The van der Waals surface area contributed by atoms with Crippen molar-refractivity contribution in [1.82, 2.24) is 0 Å². The number of nitriles is 1. The van der Waals surface area contributed by atoms with E-state index in [1.54, 1.807) is 12.1 Å². The lowest BCUT2D eigenvalue weighted by Gasteiger charge is -2.08. The topological polar surface area (TPSA) is 62.1 Å². The van der Waals surface area contributed by atoms with Crippen LogP contribution in [0.4, 0.5) is 5.69 Å². The van der Waals surface area contributed by atoms with Gasteiger partial charge in [0.2, 0.25) is 0 Å². The molecule has 4 heteroatoms. The van der Waals surface area contributed by atoms with E-state index < -0.39 is 0 Å². The van der Waals surface area contributed by atoms with Gasteiger partial charge in [-0.05, 0) is 54.0 Å². The molecule has 0 spiro atoms. The third-order valence-corrected chi connectivity index (χ3v) is 4.07. The monoisotopic (exact) mass is 368 g/mol. The quantitative estimate of drug-likeness (QED) is 0.488. The zero-order valence-electron chi connectivity index (χ0n) is 15.6. The SMILES string of the molecule is Cc1cccc(NC(=O)COc2ccc(/C=C(\C#N)c3ccccc3)cc2)c1. The number of aryl methyl sites for hydroxylation is 1. The highest BCUT2D eigenvalue weighted by Crippen LogP contribution is 2.19. The second-order valence-corrected chi connectivity index (χ2v) is 6.31. The van der Waals surface area contributed by atoms with E-state index in [1.165, 1.54) is 0 Å². The number of carbonyl (C=O) groups excluding carboxylic acids is 1. The summed E-state index contributed by atoms with van der Waals surface area (Å²) in [5.74, 6) is 0.375. The molecule has 0 radical (unpaired) electrons. The van der Waals surface area contributed by atoms with Crippen molar-refractivity contribution in [1.29, 1.82) is 5.26 Å². The molecule has 3 aromatic carbocycles. The number of nitrogens with zero attached hydrogens (tertiary/aromatic N) is 1. The van der Waals surface area contributed by atoms with Crippen molar-refractivity contribution in [3.05, 3.63) is 95.6 Å². The lowest BCUT2D eigenvalue weighted by molar-refractivity contribution is -0.118. The third kappa shape index (κ3) is 5.33. The number of hydrogen-bond donors (Lipinski definition) is 1. The van der Waals surface area contributed by atoms with Crippen LogP contribution in [0.5, 0.6) is 5.75 Å². The van der Waals surface area contributed by atoms with E-state index in [4.69, 9.17) is 4.74 Å². The Morgan fingerprint density at radius 3 is 2.46 bits per heavy atom. The van der Waals surface area contributed by atoms with Gasteiger partial charge in [-0.1, -0.05) is 54.6 Å². The number of rotatable bonds is 6. The maximum atomic E-state index is 12.0. The molecule has 0 atom stereocenters. The molecule has 0 aromatic heterocycles. The third-order valence-electron chi connectivity index (χ3n) is 4.07. The van der Waals surface area contributed by atoms with Crippen LogP contribution in [-0.4, -0.2) is 12.5 Å². The molecule has 1 N–H and O–H groups in total. The molecule has 0 aliphatic heterocycles. The van der Waals surface area contributed by atoms with Gasteiger partial charge in [0.25, 0.3) is 5.91 Å². The van der Waals surface area contributed by atoms with Crippen LogP contribution >= 0.6 is 0 Å². The summed E-state index contributed by atoms with van der Waals surface area (Å²) in [7, 11) is 0. The molecule has 28 heavy (non-hydrogen) atoms. The molecule has 0 unspecified atom stereocenters. The van der Waals surface area contributed by atoms with Gasteiger partial charge in [-0.25, -0.2) is 0 Å². The van der Waals surface area contributed by atoms with E-state index in [1.807, 2.05) is 79.7 Å². The highest BCUT2D eigenvalue weighted by atomic mass is 16.5. The molecule has 0 saturated carbocycles. The normalized spacial score (nSPS) is 10.8. The first-order valence-corrected chi connectivity index (χ1v) is 8.90. The van der Waals surface area contributed by atoms with Crippen molar-refractivity contribution < 1.29 is 9.53 Å². The summed E-state index contributed by atoms with van der Waals surface area (Å²) in [6.07, 6.45) is 1.82. The minimum absolute atomic E-state index is 0.0728. The van der Waals surface area contributed by atoms with Crippen LogP contribution in [0.2, 0.25) is 0 Å². The number of ether oxygens (including phenoxy) is 1. The number of benzene rings is 3. The van der Waals surface area contributed by atoms with E-state index >= 15 is 0 Å². The van der Waals surface area contributed by atoms with Crippen molar-refractivity contribution in [2.24, 2.45) is 0 Å². The summed E-state index contributed by atoms with van der Waals surface area (Å²) in [5.41, 5.74) is 4.18. The lowest BCUT2D eigenvalue weighted by atomic mass is 10.0. The standard InChI is InChI=1S/C24H20N2O2/c1-18-6-5-9-22(14-18)26-24(27)17-28-23-12-10-19(11-13-23)15-21(16-25)20-7-3-2-4-8-20/h2-15H,17H2,1H3,(H,26,27)/b21-15+. The molecule has 138 valence electrons. The molecule has 0 heterocycles. The van der Waals surface area contributed by atoms with Crippen molar-refractivity contribution >= 4 is 23.2 Å². The Kier molecular flexibility index (Phi) is 6.22. The van der Waals surface area contributed by atoms with Crippen molar-refractivity contribution in [2.75, 3.05) is 11.9 Å². The van der Waals surface area contributed by atoms with Crippen LogP contribution in [0.3, 0.4) is 0 Å². The molecule has 0 bridgehead atoms. The maximum Gasteiger partial charge on any atom is 0.262 e. The van der Waals surface area contributed by atoms with Gasteiger partial charge >= 0.3 is 0 Å². The molecule has 0 aliphatic carbocycles. The summed E-state index contributed by atoms with van der Waals surface area (Å²) < 4.78 is 5.54. The summed E-state index contributed by atoms with van der Waals surface area (Å²) >= 11 is 0. The minimum atomic E-state index is -0.217. The number of anilines is 1. The predicted octanol–water partition coefficient (Wildman–Crippen LogP) is 5.08. The number of carbonyl (C=O) groups is 1. The van der Waals surface area contributed by atoms with Crippen LogP contribution in [-0.2, 0) is 4.79 Å². The van der Waals surface area contributed by atoms with Gasteiger partial charge < -0.3 is 10.1 Å². The van der Waals surface area contributed by atoms with Crippen molar-refractivity contribution in [2.45, 2.75) is 6.92 Å². The largest absolute Gasteiger partial charge is 0.484 e. The predicted molar refractivity (Wildman–Crippen MR) is 112 cm³/mol. The van der Waals surface area contributed by atoms with Crippen molar-refractivity contribution in [3.63, 3.8) is 0 Å². The van der Waals surface area contributed by atoms with Gasteiger partial charge in [0.1, 0.15) is 5.75 Å². The molecule has 0 aliphatic rings. The maximum absolute atomic E-state index is 12.0. The van der Waals surface area contributed by atoms with Gasteiger partial charge in [-0.15, -0.1) is 0 Å². The van der Waals surface area contributed by atoms with Crippen LogP contribution < -0.4 is 10.1 Å². The molecule has 1 amide bonds. The number of amides is 1. The first kappa shape index (κ1) is 18.9. The zero-order valence-corrected chi connectivity index (χ0v) is 15.6. The Labute approximate surface area is 164 Å². The molecule has 3 rings (SSSR count). The highest BCUT2D eigenvalue weighted by Gasteiger charge is 2.05.